The lowest BCUT2D eigenvalue weighted by atomic mass is 9.98. The Kier molecular flexibility index (Phi) is 5.82. The summed E-state index contributed by atoms with van der Waals surface area (Å²) in [7, 11) is -3.66. The molecule has 2 N–H and O–H groups in total. The van der Waals surface area contributed by atoms with Crippen molar-refractivity contribution in [2.24, 2.45) is 5.14 Å². The van der Waals surface area contributed by atoms with Crippen LogP contribution >= 0.6 is 0 Å². The van der Waals surface area contributed by atoms with Crippen LogP contribution < -0.4 is 9.88 Å². The monoisotopic (exact) mass is 285 g/mol. The molecule has 1 unspecified atom stereocenters. The molecule has 0 saturated carbocycles. The molecular formula is C14H23NO3S. The Morgan fingerprint density at radius 1 is 1.32 bits per heavy atom. The molecule has 0 aliphatic heterocycles. The molecule has 0 aliphatic rings. The van der Waals surface area contributed by atoms with E-state index in [1.165, 1.54) is 6.07 Å². The topological polar surface area (TPSA) is 69.4 Å². The fraction of sp³-hybridized carbons (Fsp3) is 0.571. The Bertz CT molecular complexity index is 511. The van der Waals surface area contributed by atoms with Crippen molar-refractivity contribution in [2.75, 3.05) is 6.61 Å². The van der Waals surface area contributed by atoms with Crippen LogP contribution in [0.2, 0.25) is 0 Å². The Labute approximate surface area is 116 Å². The Balaban J connectivity index is 3.10. The van der Waals surface area contributed by atoms with Crippen molar-refractivity contribution in [2.45, 2.75) is 50.8 Å². The first-order valence-electron chi connectivity index (χ1n) is 6.69. The van der Waals surface area contributed by atoms with Crippen molar-refractivity contribution in [1.29, 1.82) is 0 Å². The van der Waals surface area contributed by atoms with E-state index in [1.807, 2.05) is 0 Å². The molecule has 4 nitrogen and oxygen atoms in total. The summed E-state index contributed by atoms with van der Waals surface area (Å²) in [5, 5.41) is 5.17. The predicted molar refractivity (Wildman–Crippen MR) is 76.9 cm³/mol. The molecular weight excluding hydrogens is 262 g/mol. The van der Waals surface area contributed by atoms with E-state index in [1.54, 1.807) is 12.1 Å². The Morgan fingerprint density at radius 2 is 2.00 bits per heavy atom. The second kappa shape index (κ2) is 6.91. The molecule has 1 atom stereocenters. The van der Waals surface area contributed by atoms with Gasteiger partial charge in [0.05, 0.1) is 11.5 Å². The number of rotatable bonds is 7. The zero-order valence-corrected chi connectivity index (χ0v) is 12.7. The molecule has 19 heavy (non-hydrogen) atoms. The maximum Gasteiger partial charge on any atom is 0.238 e. The van der Waals surface area contributed by atoms with Gasteiger partial charge in [-0.1, -0.05) is 27.2 Å². The van der Waals surface area contributed by atoms with Gasteiger partial charge in [-0.3, -0.25) is 0 Å². The summed E-state index contributed by atoms with van der Waals surface area (Å²) in [6.45, 7) is 6.86. The van der Waals surface area contributed by atoms with Gasteiger partial charge in [0.1, 0.15) is 5.75 Å². The maximum atomic E-state index is 11.4. The highest BCUT2D eigenvalue weighted by Gasteiger charge is 2.15. The Morgan fingerprint density at radius 3 is 2.53 bits per heavy atom. The lowest BCUT2D eigenvalue weighted by molar-refractivity contribution is 0.304. The minimum Gasteiger partial charge on any atom is -0.493 e. The van der Waals surface area contributed by atoms with Crippen molar-refractivity contribution in [1.82, 2.24) is 0 Å². The molecule has 0 spiro atoms. The summed E-state index contributed by atoms with van der Waals surface area (Å²) in [5.41, 5.74) is 0.908. The van der Waals surface area contributed by atoms with Crippen LogP contribution in [-0.4, -0.2) is 15.0 Å². The molecule has 0 amide bonds. The van der Waals surface area contributed by atoms with E-state index in [0.717, 1.165) is 30.6 Å². The van der Waals surface area contributed by atoms with Crippen LogP contribution in [0.5, 0.6) is 5.75 Å². The molecule has 0 aromatic heterocycles. The first-order chi connectivity index (χ1) is 8.90. The van der Waals surface area contributed by atoms with Crippen molar-refractivity contribution in [3.63, 3.8) is 0 Å². The van der Waals surface area contributed by atoms with E-state index in [2.05, 4.69) is 20.8 Å². The van der Waals surface area contributed by atoms with Crippen LogP contribution in [0.3, 0.4) is 0 Å². The third kappa shape index (κ3) is 4.51. The van der Waals surface area contributed by atoms with Crippen LogP contribution in [0.1, 0.15) is 51.5 Å². The molecule has 1 aromatic rings. The van der Waals surface area contributed by atoms with Crippen molar-refractivity contribution < 1.29 is 13.2 Å². The minimum absolute atomic E-state index is 0.144. The molecule has 108 valence electrons. The highest BCUT2D eigenvalue weighted by molar-refractivity contribution is 7.89. The number of nitrogens with two attached hydrogens (primary N) is 1. The zero-order valence-electron chi connectivity index (χ0n) is 11.8. The van der Waals surface area contributed by atoms with Gasteiger partial charge in [0.15, 0.2) is 0 Å². The Hall–Kier alpha value is -1.07. The van der Waals surface area contributed by atoms with Crippen molar-refractivity contribution >= 4 is 10.0 Å². The fourth-order valence-electron chi connectivity index (χ4n) is 1.77. The van der Waals surface area contributed by atoms with Gasteiger partial charge in [-0.25, -0.2) is 13.6 Å². The number of benzene rings is 1. The molecule has 0 aliphatic carbocycles. The van der Waals surface area contributed by atoms with Gasteiger partial charge in [-0.2, -0.15) is 0 Å². The van der Waals surface area contributed by atoms with E-state index >= 15 is 0 Å². The summed E-state index contributed by atoms with van der Waals surface area (Å²) in [4.78, 5) is 0.144. The highest BCUT2D eigenvalue weighted by atomic mass is 32.2. The fourth-order valence-corrected chi connectivity index (χ4v) is 2.32. The second-order valence-corrected chi connectivity index (χ2v) is 6.32. The van der Waals surface area contributed by atoms with E-state index < -0.39 is 10.0 Å². The van der Waals surface area contributed by atoms with Gasteiger partial charge in [0.25, 0.3) is 0 Å². The number of ether oxygens (including phenoxy) is 1. The van der Waals surface area contributed by atoms with Gasteiger partial charge < -0.3 is 4.74 Å². The quantitative estimate of drug-likeness (QED) is 0.783. The maximum absolute atomic E-state index is 11.4. The van der Waals surface area contributed by atoms with E-state index in [0.29, 0.717) is 6.61 Å². The van der Waals surface area contributed by atoms with Gasteiger partial charge in [-0.05, 0) is 42.5 Å². The number of primary sulfonamides is 1. The summed E-state index contributed by atoms with van der Waals surface area (Å²) >= 11 is 0. The first kappa shape index (κ1) is 16.0. The van der Waals surface area contributed by atoms with Crippen LogP contribution in [-0.2, 0) is 10.0 Å². The SMILES string of the molecule is CCCCOc1ccc(S(N)(=O)=O)cc1C(C)CC. The summed E-state index contributed by atoms with van der Waals surface area (Å²) < 4.78 is 28.5. The average Bonchev–Trinajstić information content (AvgIpc) is 2.37. The van der Waals surface area contributed by atoms with E-state index in [-0.39, 0.29) is 10.8 Å². The minimum atomic E-state index is -3.66. The van der Waals surface area contributed by atoms with E-state index in [4.69, 9.17) is 9.88 Å². The summed E-state index contributed by atoms with van der Waals surface area (Å²) in [6.07, 6.45) is 2.96. The van der Waals surface area contributed by atoms with Gasteiger partial charge in [0.2, 0.25) is 10.0 Å². The second-order valence-electron chi connectivity index (χ2n) is 4.76. The molecule has 0 heterocycles. The zero-order chi connectivity index (χ0) is 14.5. The highest BCUT2D eigenvalue weighted by Crippen LogP contribution is 2.31. The van der Waals surface area contributed by atoms with Gasteiger partial charge in [-0.15, -0.1) is 0 Å². The standard InChI is InChI=1S/C14H23NO3S/c1-4-6-9-18-14-8-7-12(19(15,16)17)10-13(14)11(3)5-2/h7-8,10-11H,4-6,9H2,1-3H3,(H2,15,16,17). The van der Waals surface area contributed by atoms with Crippen LogP contribution in [0.15, 0.2) is 23.1 Å². The van der Waals surface area contributed by atoms with Crippen LogP contribution in [0.25, 0.3) is 0 Å². The van der Waals surface area contributed by atoms with Crippen molar-refractivity contribution in [3.05, 3.63) is 23.8 Å². The third-order valence-electron chi connectivity index (χ3n) is 3.21. The number of hydrogen-bond donors (Lipinski definition) is 1. The molecule has 5 heteroatoms. The molecule has 0 bridgehead atoms. The molecule has 1 rings (SSSR count). The van der Waals surface area contributed by atoms with Gasteiger partial charge >= 0.3 is 0 Å². The lowest BCUT2D eigenvalue weighted by Gasteiger charge is -2.16. The first-order valence-corrected chi connectivity index (χ1v) is 8.24. The smallest absolute Gasteiger partial charge is 0.238 e. The van der Waals surface area contributed by atoms with E-state index in [9.17, 15) is 8.42 Å². The molecule has 0 saturated heterocycles. The molecule has 0 radical (unpaired) electrons. The average molecular weight is 285 g/mol. The third-order valence-corrected chi connectivity index (χ3v) is 4.12. The lowest BCUT2D eigenvalue weighted by Crippen LogP contribution is -2.13. The molecule has 1 aromatic carbocycles. The summed E-state index contributed by atoms with van der Waals surface area (Å²) in [5.74, 6) is 0.994. The normalized spacial score (nSPS) is 13.3. The molecule has 0 fully saturated rings. The number of sulfonamides is 1. The van der Waals surface area contributed by atoms with Gasteiger partial charge in [0, 0.05) is 0 Å². The van der Waals surface area contributed by atoms with Crippen LogP contribution in [0.4, 0.5) is 0 Å². The van der Waals surface area contributed by atoms with Crippen molar-refractivity contribution in [3.8, 4) is 5.75 Å². The summed E-state index contributed by atoms with van der Waals surface area (Å²) in [6, 6.07) is 4.84. The number of unbranched alkanes of at least 4 members (excludes halogenated alkanes) is 1. The predicted octanol–water partition coefficient (Wildman–Crippen LogP) is 3.03. The largest absolute Gasteiger partial charge is 0.493 e. The number of hydrogen-bond acceptors (Lipinski definition) is 3. The van der Waals surface area contributed by atoms with Crippen LogP contribution in [0, 0.1) is 0 Å².